The van der Waals surface area contributed by atoms with Crippen LogP contribution in [0.15, 0.2) is 65.8 Å². The zero-order chi connectivity index (χ0) is 18.1. The van der Waals surface area contributed by atoms with Crippen LogP contribution in [0.25, 0.3) is 27.8 Å². The van der Waals surface area contributed by atoms with Gasteiger partial charge in [-0.3, -0.25) is 4.79 Å². The minimum absolute atomic E-state index is 0.235. The van der Waals surface area contributed by atoms with Crippen molar-refractivity contribution < 1.29 is 4.74 Å². The minimum Gasteiger partial charge on any atom is -0.495 e. The summed E-state index contributed by atoms with van der Waals surface area (Å²) >= 11 is 6.41. The van der Waals surface area contributed by atoms with Crippen LogP contribution in [0.5, 0.6) is 5.75 Å². The first kappa shape index (κ1) is 16.2. The van der Waals surface area contributed by atoms with Crippen LogP contribution in [0.2, 0.25) is 5.02 Å². The van der Waals surface area contributed by atoms with E-state index in [4.69, 9.17) is 16.3 Å². The highest BCUT2D eigenvalue weighted by Gasteiger charge is 2.12. The fourth-order valence-corrected chi connectivity index (χ4v) is 3.07. The Bertz CT molecular complexity index is 1160. The van der Waals surface area contributed by atoms with E-state index in [2.05, 4.69) is 15.1 Å². The fraction of sp³-hybridized carbons (Fsp3) is 0.0526. The number of hydrogen-bond acceptors (Lipinski definition) is 5. The van der Waals surface area contributed by atoms with E-state index >= 15 is 0 Å². The Morgan fingerprint density at radius 1 is 1.08 bits per heavy atom. The van der Waals surface area contributed by atoms with E-state index in [-0.39, 0.29) is 11.5 Å². The van der Waals surface area contributed by atoms with E-state index in [0.717, 1.165) is 11.1 Å². The lowest BCUT2D eigenvalue weighted by molar-refractivity contribution is 0.415. The van der Waals surface area contributed by atoms with Crippen LogP contribution < -0.4 is 10.3 Å². The molecule has 2 aromatic carbocycles. The number of nitrogens with zero attached hydrogens (tertiary/aromatic N) is 4. The SMILES string of the molecule is COc1cccc(-c2ccc3c(=O)n(-c4ncccn4)ncc3c2)c1Cl. The Morgan fingerprint density at radius 3 is 2.65 bits per heavy atom. The number of fused-ring (bicyclic) bond motifs is 1. The number of hydrogen-bond donors (Lipinski definition) is 0. The predicted octanol–water partition coefficient (Wildman–Crippen LogP) is 3.50. The molecular formula is C19H13ClN4O2. The maximum absolute atomic E-state index is 12.7. The van der Waals surface area contributed by atoms with Crippen LogP contribution >= 0.6 is 11.6 Å². The Hall–Kier alpha value is -3.25. The third-order valence-corrected chi connectivity index (χ3v) is 4.41. The summed E-state index contributed by atoms with van der Waals surface area (Å²) in [7, 11) is 1.57. The molecule has 0 aliphatic rings. The second-order valence-corrected chi connectivity index (χ2v) is 5.91. The topological polar surface area (TPSA) is 69.9 Å². The molecule has 4 rings (SSSR count). The normalized spacial score (nSPS) is 10.8. The van der Waals surface area contributed by atoms with Crippen molar-refractivity contribution in [1.82, 2.24) is 19.7 Å². The predicted molar refractivity (Wildman–Crippen MR) is 99.9 cm³/mol. The molecule has 0 unspecified atom stereocenters. The zero-order valence-electron chi connectivity index (χ0n) is 13.8. The van der Waals surface area contributed by atoms with Gasteiger partial charge in [0.05, 0.1) is 23.7 Å². The van der Waals surface area contributed by atoms with Gasteiger partial charge in [-0.2, -0.15) is 9.78 Å². The summed E-state index contributed by atoms with van der Waals surface area (Å²) < 4.78 is 6.45. The molecule has 0 fully saturated rings. The Labute approximate surface area is 153 Å². The second kappa shape index (κ2) is 6.57. The Balaban J connectivity index is 1.87. The monoisotopic (exact) mass is 364 g/mol. The highest BCUT2D eigenvalue weighted by molar-refractivity contribution is 6.34. The molecule has 128 valence electrons. The maximum atomic E-state index is 12.7. The number of rotatable bonds is 3. The van der Waals surface area contributed by atoms with Crippen molar-refractivity contribution in [2.75, 3.05) is 7.11 Å². The first-order valence-corrected chi connectivity index (χ1v) is 8.19. The van der Waals surface area contributed by atoms with Gasteiger partial charge in [-0.15, -0.1) is 0 Å². The van der Waals surface area contributed by atoms with Gasteiger partial charge in [0, 0.05) is 23.3 Å². The molecule has 4 aromatic rings. The quantitative estimate of drug-likeness (QED) is 0.556. The first-order valence-electron chi connectivity index (χ1n) is 7.81. The molecule has 6 nitrogen and oxygen atoms in total. The van der Waals surface area contributed by atoms with Crippen molar-refractivity contribution in [1.29, 1.82) is 0 Å². The third-order valence-electron chi connectivity index (χ3n) is 4.02. The highest BCUT2D eigenvalue weighted by atomic mass is 35.5. The number of ether oxygens (including phenoxy) is 1. The van der Waals surface area contributed by atoms with Gasteiger partial charge in [-0.25, -0.2) is 9.97 Å². The largest absolute Gasteiger partial charge is 0.495 e. The molecule has 0 bridgehead atoms. The van der Waals surface area contributed by atoms with Gasteiger partial charge < -0.3 is 4.74 Å². The van der Waals surface area contributed by atoms with Crippen LogP contribution in [0, 0.1) is 0 Å². The van der Waals surface area contributed by atoms with Gasteiger partial charge >= 0.3 is 0 Å². The Kier molecular flexibility index (Phi) is 4.10. The summed E-state index contributed by atoms with van der Waals surface area (Å²) in [6.45, 7) is 0. The molecular weight excluding hydrogens is 352 g/mol. The molecule has 26 heavy (non-hydrogen) atoms. The number of benzene rings is 2. The average Bonchev–Trinajstić information content (AvgIpc) is 2.69. The van der Waals surface area contributed by atoms with E-state index in [0.29, 0.717) is 21.5 Å². The van der Waals surface area contributed by atoms with Gasteiger partial charge in [0.25, 0.3) is 11.5 Å². The molecule has 0 spiro atoms. The molecule has 2 heterocycles. The summed E-state index contributed by atoms with van der Waals surface area (Å²) in [5, 5.41) is 5.94. The molecule has 0 aliphatic heterocycles. The van der Waals surface area contributed by atoms with Crippen molar-refractivity contribution in [3.8, 4) is 22.8 Å². The summed E-state index contributed by atoms with van der Waals surface area (Å²) in [6, 6.07) is 12.7. The van der Waals surface area contributed by atoms with E-state index in [1.54, 1.807) is 43.9 Å². The summed E-state index contributed by atoms with van der Waals surface area (Å²) in [6.07, 6.45) is 4.74. The van der Waals surface area contributed by atoms with E-state index < -0.39 is 0 Å². The molecule has 0 atom stereocenters. The lowest BCUT2D eigenvalue weighted by Gasteiger charge is -2.10. The molecule has 0 aliphatic carbocycles. The van der Waals surface area contributed by atoms with Gasteiger partial charge in [-0.1, -0.05) is 29.8 Å². The molecule has 0 saturated carbocycles. The molecule has 0 saturated heterocycles. The molecule has 0 radical (unpaired) electrons. The summed E-state index contributed by atoms with van der Waals surface area (Å²) in [5.74, 6) is 0.832. The van der Waals surface area contributed by atoms with Gasteiger partial charge in [0.2, 0.25) is 0 Å². The lowest BCUT2D eigenvalue weighted by atomic mass is 10.0. The van der Waals surface area contributed by atoms with Crippen LogP contribution in [0.4, 0.5) is 0 Å². The van der Waals surface area contributed by atoms with E-state index in [1.165, 1.54) is 4.68 Å². The number of halogens is 1. The minimum atomic E-state index is -0.281. The van der Waals surface area contributed by atoms with Crippen molar-refractivity contribution in [2.45, 2.75) is 0 Å². The maximum Gasteiger partial charge on any atom is 0.282 e. The lowest BCUT2D eigenvalue weighted by Crippen LogP contribution is -2.22. The van der Waals surface area contributed by atoms with Crippen molar-refractivity contribution >= 4 is 22.4 Å². The second-order valence-electron chi connectivity index (χ2n) is 5.53. The van der Waals surface area contributed by atoms with E-state index in [9.17, 15) is 4.79 Å². The summed E-state index contributed by atoms with van der Waals surface area (Å²) in [4.78, 5) is 20.9. The zero-order valence-corrected chi connectivity index (χ0v) is 14.5. The van der Waals surface area contributed by atoms with Crippen molar-refractivity contribution in [3.05, 3.63) is 76.4 Å². The first-order chi connectivity index (χ1) is 12.7. The average molecular weight is 365 g/mol. The number of aromatic nitrogens is 4. The summed E-state index contributed by atoms with van der Waals surface area (Å²) in [5.41, 5.74) is 1.41. The molecule has 7 heteroatoms. The van der Waals surface area contributed by atoms with Crippen LogP contribution in [0.1, 0.15) is 0 Å². The molecule has 2 aromatic heterocycles. The third kappa shape index (κ3) is 2.70. The van der Waals surface area contributed by atoms with Crippen molar-refractivity contribution in [3.63, 3.8) is 0 Å². The fourth-order valence-electron chi connectivity index (χ4n) is 2.75. The Morgan fingerprint density at radius 2 is 1.88 bits per heavy atom. The van der Waals surface area contributed by atoms with Gasteiger partial charge in [0.15, 0.2) is 0 Å². The van der Waals surface area contributed by atoms with Crippen LogP contribution in [-0.2, 0) is 0 Å². The van der Waals surface area contributed by atoms with Gasteiger partial charge in [0.1, 0.15) is 5.75 Å². The van der Waals surface area contributed by atoms with E-state index in [1.807, 2.05) is 24.3 Å². The molecule has 0 N–H and O–H groups in total. The van der Waals surface area contributed by atoms with Crippen LogP contribution in [0.3, 0.4) is 0 Å². The van der Waals surface area contributed by atoms with Gasteiger partial charge in [-0.05, 0) is 29.8 Å². The van der Waals surface area contributed by atoms with Crippen LogP contribution in [-0.4, -0.2) is 26.9 Å². The molecule has 0 amide bonds. The smallest absolute Gasteiger partial charge is 0.282 e. The highest BCUT2D eigenvalue weighted by Crippen LogP contribution is 2.35. The standard InChI is InChI=1S/C19H13ClN4O2/c1-26-16-5-2-4-14(17(16)20)12-6-7-15-13(10-12)11-23-24(18(15)25)19-21-8-3-9-22-19/h2-11H,1H3. The number of methoxy groups -OCH3 is 1. The van der Waals surface area contributed by atoms with Crippen molar-refractivity contribution in [2.24, 2.45) is 0 Å².